The van der Waals surface area contributed by atoms with Gasteiger partial charge in [-0.3, -0.25) is 9.36 Å². The van der Waals surface area contributed by atoms with Gasteiger partial charge in [0.1, 0.15) is 5.75 Å². The maximum atomic E-state index is 13.3. The second kappa shape index (κ2) is 10.9. The van der Waals surface area contributed by atoms with E-state index in [1.807, 2.05) is 79.1 Å². The highest BCUT2D eigenvalue weighted by molar-refractivity contribution is 7.99. The summed E-state index contributed by atoms with van der Waals surface area (Å²) in [5.41, 5.74) is 4.59. The highest BCUT2D eigenvalue weighted by atomic mass is 32.2. The first-order valence-electron chi connectivity index (χ1n) is 11.4. The first-order valence-corrected chi connectivity index (χ1v) is 12.4. The molecule has 4 aromatic rings. The number of ether oxygens (including phenoxy) is 2. The molecule has 0 amide bonds. The molecular formula is C27H30N4O3S. The van der Waals surface area contributed by atoms with Crippen LogP contribution >= 0.6 is 11.8 Å². The van der Waals surface area contributed by atoms with Gasteiger partial charge in [-0.2, -0.15) is 0 Å². The van der Waals surface area contributed by atoms with Gasteiger partial charge in [0.15, 0.2) is 16.8 Å². The molecule has 0 spiro atoms. The number of thioether (sulfide) groups is 1. The van der Waals surface area contributed by atoms with E-state index in [9.17, 15) is 4.79 Å². The Morgan fingerprint density at radius 3 is 2.40 bits per heavy atom. The van der Waals surface area contributed by atoms with Crippen LogP contribution in [0.3, 0.4) is 0 Å². The number of methoxy groups -OCH3 is 2. The average molecular weight is 491 g/mol. The number of Topliss-reactive ketones (excluding diaryl/α,β-unsaturated/α-hetero) is 1. The molecule has 2 aromatic carbocycles. The number of carbonyl (C=O) groups is 1. The molecule has 0 bridgehead atoms. The third kappa shape index (κ3) is 5.18. The van der Waals surface area contributed by atoms with E-state index in [4.69, 9.17) is 9.47 Å². The van der Waals surface area contributed by atoms with E-state index in [1.165, 1.54) is 11.8 Å². The Morgan fingerprint density at radius 1 is 1.03 bits per heavy atom. The fourth-order valence-corrected chi connectivity index (χ4v) is 5.20. The summed E-state index contributed by atoms with van der Waals surface area (Å²) in [7, 11) is 3.33. The molecule has 0 saturated heterocycles. The normalized spacial score (nSPS) is 12.0. The van der Waals surface area contributed by atoms with E-state index in [0.717, 1.165) is 39.8 Å². The standard InChI is InChI=1S/C27H30N4O3S/c1-18-15-24(20(3)30(18)19(2)16-33-4)25(32)17-35-27-29-28-26(21-9-7-6-8-10-21)31(27)22-11-13-23(34-5)14-12-22/h6-15,19H,16-17H2,1-5H3/t19-/m0/s1. The molecule has 0 aliphatic carbocycles. The quantitative estimate of drug-likeness (QED) is 0.215. The number of hydrogen-bond acceptors (Lipinski definition) is 6. The van der Waals surface area contributed by atoms with Crippen LogP contribution in [0, 0.1) is 13.8 Å². The molecule has 182 valence electrons. The molecule has 7 nitrogen and oxygen atoms in total. The zero-order chi connectivity index (χ0) is 24.9. The van der Waals surface area contributed by atoms with E-state index in [0.29, 0.717) is 11.8 Å². The fraction of sp³-hybridized carbons (Fsp3) is 0.296. The summed E-state index contributed by atoms with van der Waals surface area (Å²) < 4.78 is 14.8. The molecular weight excluding hydrogens is 460 g/mol. The number of carbonyl (C=O) groups excluding carboxylic acids is 1. The van der Waals surface area contributed by atoms with Crippen LogP contribution in [0.15, 0.2) is 65.8 Å². The van der Waals surface area contributed by atoms with Crippen LogP contribution in [-0.2, 0) is 4.74 Å². The molecule has 2 heterocycles. The Morgan fingerprint density at radius 2 is 1.74 bits per heavy atom. The SMILES string of the molecule is COC[C@H](C)n1c(C)cc(C(=O)CSc2nnc(-c3ccccc3)n2-c2ccc(OC)cc2)c1C. The number of hydrogen-bond donors (Lipinski definition) is 0. The zero-order valence-electron chi connectivity index (χ0n) is 20.7. The second-order valence-electron chi connectivity index (χ2n) is 8.38. The number of ketones is 1. The third-order valence-electron chi connectivity index (χ3n) is 5.96. The van der Waals surface area contributed by atoms with Crippen LogP contribution in [0.4, 0.5) is 0 Å². The van der Waals surface area contributed by atoms with Gasteiger partial charge in [0, 0.05) is 35.3 Å². The third-order valence-corrected chi connectivity index (χ3v) is 6.89. The first-order chi connectivity index (χ1) is 16.9. The smallest absolute Gasteiger partial charge is 0.196 e. The van der Waals surface area contributed by atoms with Gasteiger partial charge in [0.05, 0.1) is 25.5 Å². The van der Waals surface area contributed by atoms with E-state index >= 15 is 0 Å². The van der Waals surface area contributed by atoms with Crippen molar-refractivity contribution in [3.8, 4) is 22.8 Å². The summed E-state index contributed by atoms with van der Waals surface area (Å²) in [6, 6.07) is 19.8. The van der Waals surface area contributed by atoms with Crippen molar-refractivity contribution < 1.29 is 14.3 Å². The van der Waals surface area contributed by atoms with Gasteiger partial charge in [-0.25, -0.2) is 0 Å². The Bertz CT molecular complexity index is 1300. The second-order valence-corrected chi connectivity index (χ2v) is 9.32. The van der Waals surface area contributed by atoms with Crippen LogP contribution in [0.2, 0.25) is 0 Å². The van der Waals surface area contributed by atoms with Crippen LogP contribution in [-0.4, -0.2) is 51.7 Å². The van der Waals surface area contributed by atoms with Crippen molar-refractivity contribution in [1.82, 2.24) is 19.3 Å². The van der Waals surface area contributed by atoms with Gasteiger partial charge < -0.3 is 14.0 Å². The number of nitrogens with zero attached hydrogens (tertiary/aromatic N) is 4. The number of benzene rings is 2. The minimum atomic E-state index is 0.0597. The number of rotatable bonds is 10. The van der Waals surface area contributed by atoms with Gasteiger partial charge >= 0.3 is 0 Å². The van der Waals surface area contributed by atoms with Crippen molar-refractivity contribution >= 4 is 17.5 Å². The lowest BCUT2D eigenvalue weighted by molar-refractivity contribution is 0.102. The Hall–Kier alpha value is -3.36. The summed E-state index contributed by atoms with van der Waals surface area (Å²) in [6.07, 6.45) is 0. The van der Waals surface area contributed by atoms with E-state index in [1.54, 1.807) is 14.2 Å². The summed E-state index contributed by atoms with van der Waals surface area (Å²) in [5.74, 6) is 1.80. The monoisotopic (exact) mass is 490 g/mol. The minimum Gasteiger partial charge on any atom is -0.497 e. The lowest BCUT2D eigenvalue weighted by atomic mass is 10.2. The van der Waals surface area contributed by atoms with Crippen LogP contribution in [0.25, 0.3) is 17.1 Å². The summed E-state index contributed by atoms with van der Waals surface area (Å²) >= 11 is 1.39. The van der Waals surface area contributed by atoms with Crippen molar-refractivity contribution in [2.45, 2.75) is 32.0 Å². The lowest BCUT2D eigenvalue weighted by Gasteiger charge is -2.17. The van der Waals surface area contributed by atoms with Crippen LogP contribution in [0.1, 0.15) is 34.7 Å². The molecule has 2 aromatic heterocycles. The molecule has 0 unspecified atom stereocenters. The number of aryl methyl sites for hydroxylation is 1. The van der Waals surface area contributed by atoms with E-state index < -0.39 is 0 Å². The predicted molar refractivity (Wildman–Crippen MR) is 139 cm³/mol. The summed E-state index contributed by atoms with van der Waals surface area (Å²) in [6.45, 7) is 6.70. The molecule has 35 heavy (non-hydrogen) atoms. The topological polar surface area (TPSA) is 71.2 Å². The first kappa shape index (κ1) is 24.8. The summed E-state index contributed by atoms with van der Waals surface area (Å²) in [4.78, 5) is 13.3. The summed E-state index contributed by atoms with van der Waals surface area (Å²) in [5, 5.41) is 9.57. The minimum absolute atomic E-state index is 0.0597. The highest BCUT2D eigenvalue weighted by Crippen LogP contribution is 2.30. The molecule has 0 fully saturated rings. The van der Waals surface area contributed by atoms with Gasteiger partial charge in [0.2, 0.25) is 0 Å². The molecule has 1 atom stereocenters. The van der Waals surface area contributed by atoms with E-state index in [-0.39, 0.29) is 17.6 Å². The molecule has 0 radical (unpaired) electrons. The zero-order valence-corrected chi connectivity index (χ0v) is 21.5. The maximum absolute atomic E-state index is 13.3. The predicted octanol–water partition coefficient (Wildman–Crippen LogP) is 5.54. The highest BCUT2D eigenvalue weighted by Gasteiger charge is 2.21. The molecule has 0 aliphatic rings. The molecule has 0 N–H and O–H groups in total. The fourth-order valence-electron chi connectivity index (χ4n) is 4.36. The van der Waals surface area contributed by atoms with Gasteiger partial charge in [0.25, 0.3) is 0 Å². The van der Waals surface area contributed by atoms with Crippen LogP contribution in [0.5, 0.6) is 5.75 Å². The van der Waals surface area contributed by atoms with Gasteiger partial charge in [-0.05, 0) is 51.1 Å². The van der Waals surface area contributed by atoms with Crippen molar-refractivity contribution in [1.29, 1.82) is 0 Å². The lowest BCUT2D eigenvalue weighted by Crippen LogP contribution is -2.14. The Balaban J connectivity index is 1.63. The number of aromatic nitrogens is 4. The molecule has 4 rings (SSSR count). The van der Waals surface area contributed by atoms with Gasteiger partial charge in [-0.1, -0.05) is 42.1 Å². The average Bonchev–Trinajstić information content (AvgIpc) is 3.43. The molecule has 0 saturated carbocycles. The van der Waals surface area contributed by atoms with Crippen molar-refractivity contribution in [3.63, 3.8) is 0 Å². The maximum Gasteiger partial charge on any atom is 0.196 e. The largest absolute Gasteiger partial charge is 0.497 e. The Labute approximate surface area is 210 Å². The van der Waals surface area contributed by atoms with Crippen LogP contribution < -0.4 is 4.74 Å². The van der Waals surface area contributed by atoms with Crippen molar-refractivity contribution in [2.75, 3.05) is 26.6 Å². The van der Waals surface area contributed by atoms with E-state index in [2.05, 4.69) is 21.7 Å². The van der Waals surface area contributed by atoms with Gasteiger partial charge in [-0.15, -0.1) is 10.2 Å². The van der Waals surface area contributed by atoms with Crippen molar-refractivity contribution in [3.05, 3.63) is 77.6 Å². The molecule has 8 heteroatoms. The molecule has 0 aliphatic heterocycles. The van der Waals surface area contributed by atoms with Crippen molar-refractivity contribution in [2.24, 2.45) is 0 Å². The Kier molecular flexibility index (Phi) is 7.73.